The van der Waals surface area contributed by atoms with Gasteiger partial charge in [-0.1, -0.05) is 12.1 Å². The standard InChI is InChI=1S/C13H18O3/c1-3-5-11-8-13(14)7-6-12(11)9-16-10-15-4-2/h3,6-8,14H,1,4-5,9-10H2,2H3. The van der Waals surface area contributed by atoms with Gasteiger partial charge in [-0.3, -0.25) is 0 Å². The second-order valence-electron chi connectivity index (χ2n) is 3.40. The van der Waals surface area contributed by atoms with E-state index in [2.05, 4.69) is 6.58 Å². The Morgan fingerprint density at radius 1 is 1.31 bits per heavy atom. The summed E-state index contributed by atoms with van der Waals surface area (Å²) in [5, 5.41) is 9.37. The molecule has 1 aromatic rings. The zero-order valence-corrected chi connectivity index (χ0v) is 9.61. The molecule has 0 heterocycles. The van der Waals surface area contributed by atoms with Crippen molar-refractivity contribution in [3.8, 4) is 5.75 Å². The molecule has 3 heteroatoms. The van der Waals surface area contributed by atoms with Crippen LogP contribution in [-0.2, 0) is 22.5 Å². The summed E-state index contributed by atoms with van der Waals surface area (Å²) in [6.07, 6.45) is 2.53. The van der Waals surface area contributed by atoms with E-state index in [0.717, 1.165) is 17.5 Å². The minimum Gasteiger partial charge on any atom is -0.508 e. The van der Waals surface area contributed by atoms with Crippen molar-refractivity contribution in [1.29, 1.82) is 0 Å². The van der Waals surface area contributed by atoms with Crippen LogP contribution in [0.15, 0.2) is 30.9 Å². The molecule has 0 radical (unpaired) electrons. The highest BCUT2D eigenvalue weighted by Crippen LogP contribution is 2.18. The van der Waals surface area contributed by atoms with E-state index in [1.807, 2.05) is 13.0 Å². The minimum atomic E-state index is 0.269. The van der Waals surface area contributed by atoms with Crippen molar-refractivity contribution < 1.29 is 14.6 Å². The van der Waals surface area contributed by atoms with Gasteiger partial charge in [-0.05, 0) is 36.6 Å². The van der Waals surface area contributed by atoms with E-state index >= 15 is 0 Å². The number of hydrogen-bond donors (Lipinski definition) is 1. The first-order valence-electron chi connectivity index (χ1n) is 5.35. The molecular weight excluding hydrogens is 204 g/mol. The van der Waals surface area contributed by atoms with Crippen LogP contribution in [0.5, 0.6) is 5.75 Å². The maximum absolute atomic E-state index is 9.37. The average molecular weight is 222 g/mol. The molecule has 0 spiro atoms. The molecule has 88 valence electrons. The first-order valence-corrected chi connectivity index (χ1v) is 5.35. The molecule has 0 aliphatic heterocycles. The molecule has 16 heavy (non-hydrogen) atoms. The number of aromatic hydroxyl groups is 1. The lowest BCUT2D eigenvalue weighted by atomic mass is 10.0. The lowest BCUT2D eigenvalue weighted by molar-refractivity contribution is -0.0573. The summed E-state index contributed by atoms with van der Waals surface area (Å²) >= 11 is 0. The molecule has 1 aromatic carbocycles. The average Bonchev–Trinajstić information content (AvgIpc) is 2.27. The number of rotatable bonds is 7. The van der Waals surface area contributed by atoms with Gasteiger partial charge in [0.15, 0.2) is 0 Å². The van der Waals surface area contributed by atoms with Gasteiger partial charge in [-0.15, -0.1) is 6.58 Å². The van der Waals surface area contributed by atoms with E-state index < -0.39 is 0 Å². The summed E-state index contributed by atoms with van der Waals surface area (Å²) < 4.78 is 10.4. The molecule has 0 saturated heterocycles. The van der Waals surface area contributed by atoms with Gasteiger partial charge in [-0.2, -0.15) is 0 Å². The van der Waals surface area contributed by atoms with Crippen molar-refractivity contribution in [1.82, 2.24) is 0 Å². The molecule has 1 N–H and O–H groups in total. The minimum absolute atomic E-state index is 0.269. The summed E-state index contributed by atoms with van der Waals surface area (Å²) in [6, 6.07) is 5.26. The zero-order chi connectivity index (χ0) is 11.8. The monoisotopic (exact) mass is 222 g/mol. The Balaban J connectivity index is 2.59. The summed E-state index contributed by atoms with van der Waals surface area (Å²) in [5.74, 6) is 0.269. The van der Waals surface area contributed by atoms with Crippen LogP contribution in [0, 0.1) is 0 Å². The molecular formula is C13H18O3. The van der Waals surface area contributed by atoms with Gasteiger partial charge in [0.1, 0.15) is 12.5 Å². The fraction of sp³-hybridized carbons (Fsp3) is 0.385. The van der Waals surface area contributed by atoms with Gasteiger partial charge in [0.05, 0.1) is 6.61 Å². The lowest BCUT2D eigenvalue weighted by Crippen LogP contribution is -2.02. The third kappa shape index (κ3) is 4.04. The normalized spacial score (nSPS) is 10.3. The molecule has 0 fully saturated rings. The highest BCUT2D eigenvalue weighted by molar-refractivity contribution is 5.35. The Bertz CT molecular complexity index is 334. The van der Waals surface area contributed by atoms with Crippen LogP contribution in [0.3, 0.4) is 0 Å². The van der Waals surface area contributed by atoms with Crippen LogP contribution in [0.1, 0.15) is 18.1 Å². The maximum Gasteiger partial charge on any atom is 0.147 e. The zero-order valence-electron chi connectivity index (χ0n) is 9.61. The van der Waals surface area contributed by atoms with Gasteiger partial charge in [0.25, 0.3) is 0 Å². The number of phenolic OH excluding ortho intramolecular Hbond substituents is 1. The Labute approximate surface area is 96.3 Å². The number of benzene rings is 1. The first-order chi connectivity index (χ1) is 7.77. The molecule has 0 aliphatic carbocycles. The van der Waals surface area contributed by atoms with Crippen LogP contribution >= 0.6 is 0 Å². The Hall–Kier alpha value is -1.32. The van der Waals surface area contributed by atoms with E-state index in [0.29, 0.717) is 20.0 Å². The van der Waals surface area contributed by atoms with Gasteiger partial charge < -0.3 is 14.6 Å². The molecule has 0 saturated carbocycles. The Morgan fingerprint density at radius 3 is 2.81 bits per heavy atom. The van der Waals surface area contributed by atoms with Crippen molar-refractivity contribution in [2.24, 2.45) is 0 Å². The Morgan fingerprint density at radius 2 is 2.12 bits per heavy atom. The predicted molar refractivity (Wildman–Crippen MR) is 63.3 cm³/mol. The number of hydrogen-bond acceptors (Lipinski definition) is 3. The van der Waals surface area contributed by atoms with Crippen molar-refractivity contribution in [3.63, 3.8) is 0 Å². The maximum atomic E-state index is 9.37. The first kappa shape index (κ1) is 12.7. The predicted octanol–water partition coefficient (Wildman–Crippen LogP) is 2.63. The molecule has 0 aliphatic rings. The van der Waals surface area contributed by atoms with E-state index in [-0.39, 0.29) is 5.75 Å². The quantitative estimate of drug-likeness (QED) is 0.438. The van der Waals surface area contributed by atoms with E-state index in [4.69, 9.17) is 9.47 Å². The largest absolute Gasteiger partial charge is 0.508 e. The fourth-order valence-electron chi connectivity index (χ4n) is 1.39. The fourth-order valence-corrected chi connectivity index (χ4v) is 1.39. The van der Waals surface area contributed by atoms with Crippen molar-refractivity contribution in [2.75, 3.05) is 13.4 Å². The topological polar surface area (TPSA) is 38.7 Å². The number of phenols is 1. The molecule has 3 nitrogen and oxygen atoms in total. The molecule has 1 rings (SSSR count). The molecule has 0 unspecified atom stereocenters. The molecule has 0 amide bonds. The highest BCUT2D eigenvalue weighted by atomic mass is 16.7. The van der Waals surface area contributed by atoms with Crippen LogP contribution in [0.2, 0.25) is 0 Å². The van der Waals surface area contributed by atoms with E-state index in [9.17, 15) is 5.11 Å². The highest BCUT2D eigenvalue weighted by Gasteiger charge is 2.02. The molecule has 0 aromatic heterocycles. The summed E-state index contributed by atoms with van der Waals surface area (Å²) in [7, 11) is 0. The van der Waals surface area contributed by atoms with E-state index in [1.54, 1.807) is 18.2 Å². The summed E-state index contributed by atoms with van der Waals surface area (Å²) in [5.41, 5.74) is 2.09. The van der Waals surface area contributed by atoms with Crippen molar-refractivity contribution >= 4 is 0 Å². The third-order valence-corrected chi connectivity index (χ3v) is 2.18. The lowest BCUT2D eigenvalue weighted by Gasteiger charge is -2.09. The van der Waals surface area contributed by atoms with E-state index in [1.165, 1.54) is 0 Å². The molecule has 0 atom stereocenters. The van der Waals surface area contributed by atoms with Gasteiger partial charge in [-0.25, -0.2) is 0 Å². The summed E-state index contributed by atoms with van der Waals surface area (Å²) in [4.78, 5) is 0. The Kier molecular flexibility index (Phi) is 5.61. The van der Waals surface area contributed by atoms with Crippen LogP contribution in [0.25, 0.3) is 0 Å². The van der Waals surface area contributed by atoms with Crippen molar-refractivity contribution in [3.05, 3.63) is 42.0 Å². The third-order valence-electron chi connectivity index (χ3n) is 2.18. The number of ether oxygens (including phenoxy) is 2. The van der Waals surface area contributed by atoms with Gasteiger partial charge in [0, 0.05) is 6.61 Å². The second kappa shape index (κ2) is 7.04. The summed E-state index contributed by atoms with van der Waals surface area (Å²) in [6.45, 7) is 7.05. The van der Waals surface area contributed by atoms with Crippen LogP contribution < -0.4 is 0 Å². The van der Waals surface area contributed by atoms with Crippen LogP contribution in [0.4, 0.5) is 0 Å². The van der Waals surface area contributed by atoms with Crippen molar-refractivity contribution in [2.45, 2.75) is 20.0 Å². The van der Waals surface area contributed by atoms with Gasteiger partial charge in [0.2, 0.25) is 0 Å². The molecule has 0 bridgehead atoms. The SMILES string of the molecule is C=CCc1cc(O)ccc1COCOCC. The number of allylic oxidation sites excluding steroid dienone is 1. The van der Waals surface area contributed by atoms with Crippen LogP contribution in [-0.4, -0.2) is 18.5 Å². The smallest absolute Gasteiger partial charge is 0.147 e. The second-order valence-corrected chi connectivity index (χ2v) is 3.40. The van der Waals surface area contributed by atoms with Gasteiger partial charge >= 0.3 is 0 Å².